The standard InChI is InChI=1S/C15H25NO3/c1-6-9-16-14(15(18-4)19-5)13-8-7-12(17-3)10-11(13)2/h7-8,10,14-16H,6,9H2,1-5H3. The summed E-state index contributed by atoms with van der Waals surface area (Å²) in [6.45, 7) is 5.12. The molecule has 0 fully saturated rings. The first kappa shape index (κ1) is 16.0. The van der Waals surface area contributed by atoms with Crippen LogP contribution in [-0.2, 0) is 9.47 Å². The summed E-state index contributed by atoms with van der Waals surface area (Å²) >= 11 is 0. The van der Waals surface area contributed by atoms with Gasteiger partial charge in [-0.2, -0.15) is 0 Å². The van der Waals surface area contributed by atoms with Crippen LogP contribution in [0.15, 0.2) is 18.2 Å². The van der Waals surface area contributed by atoms with Crippen molar-refractivity contribution in [2.24, 2.45) is 0 Å². The van der Waals surface area contributed by atoms with E-state index in [0.717, 1.165) is 24.3 Å². The van der Waals surface area contributed by atoms with Crippen molar-refractivity contribution in [2.45, 2.75) is 32.6 Å². The molecule has 0 aliphatic rings. The average molecular weight is 267 g/mol. The third-order valence-electron chi connectivity index (χ3n) is 3.16. The minimum Gasteiger partial charge on any atom is -0.497 e. The van der Waals surface area contributed by atoms with E-state index in [1.54, 1.807) is 21.3 Å². The first-order valence-corrected chi connectivity index (χ1v) is 6.61. The van der Waals surface area contributed by atoms with Gasteiger partial charge in [0.1, 0.15) is 5.75 Å². The van der Waals surface area contributed by atoms with E-state index in [4.69, 9.17) is 14.2 Å². The fraction of sp³-hybridized carbons (Fsp3) is 0.600. The highest BCUT2D eigenvalue weighted by atomic mass is 16.7. The van der Waals surface area contributed by atoms with Crippen molar-refractivity contribution in [2.75, 3.05) is 27.9 Å². The van der Waals surface area contributed by atoms with E-state index in [0.29, 0.717) is 0 Å². The Hall–Kier alpha value is -1.10. The number of benzene rings is 1. The van der Waals surface area contributed by atoms with Crippen LogP contribution in [0.1, 0.15) is 30.5 Å². The van der Waals surface area contributed by atoms with E-state index in [-0.39, 0.29) is 12.3 Å². The lowest BCUT2D eigenvalue weighted by atomic mass is 10.00. The Balaban J connectivity index is 3.01. The van der Waals surface area contributed by atoms with Crippen molar-refractivity contribution >= 4 is 0 Å². The maximum atomic E-state index is 5.41. The molecule has 1 atom stereocenters. The quantitative estimate of drug-likeness (QED) is 0.735. The molecule has 1 unspecified atom stereocenters. The molecule has 0 aliphatic heterocycles. The Bertz CT molecular complexity index is 378. The number of nitrogens with one attached hydrogen (secondary N) is 1. The summed E-state index contributed by atoms with van der Waals surface area (Å²) in [6.07, 6.45) is 0.755. The normalized spacial score (nSPS) is 12.7. The fourth-order valence-electron chi connectivity index (χ4n) is 2.15. The van der Waals surface area contributed by atoms with Crippen LogP contribution in [-0.4, -0.2) is 34.2 Å². The van der Waals surface area contributed by atoms with E-state index in [2.05, 4.69) is 25.2 Å². The fourth-order valence-corrected chi connectivity index (χ4v) is 2.15. The highest BCUT2D eigenvalue weighted by Crippen LogP contribution is 2.26. The molecule has 1 N–H and O–H groups in total. The van der Waals surface area contributed by atoms with Crippen LogP contribution in [0, 0.1) is 6.92 Å². The van der Waals surface area contributed by atoms with Gasteiger partial charge in [0.25, 0.3) is 0 Å². The third-order valence-corrected chi connectivity index (χ3v) is 3.16. The monoisotopic (exact) mass is 267 g/mol. The van der Waals surface area contributed by atoms with Gasteiger partial charge in [-0.3, -0.25) is 0 Å². The maximum Gasteiger partial charge on any atom is 0.176 e. The molecule has 0 aliphatic carbocycles. The lowest BCUT2D eigenvalue weighted by Crippen LogP contribution is -2.35. The van der Waals surface area contributed by atoms with Gasteiger partial charge in [-0.05, 0) is 43.1 Å². The molecule has 0 bridgehead atoms. The lowest BCUT2D eigenvalue weighted by Gasteiger charge is -2.27. The number of rotatable bonds is 8. The van der Waals surface area contributed by atoms with Crippen LogP contribution < -0.4 is 10.1 Å². The van der Waals surface area contributed by atoms with Crippen LogP contribution in [0.5, 0.6) is 5.75 Å². The lowest BCUT2D eigenvalue weighted by molar-refractivity contribution is -0.124. The smallest absolute Gasteiger partial charge is 0.176 e. The summed E-state index contributed by atoms with van der Waals surface area (Å²) in [5, 5.41) is 3.48. The first-order valence-electron chi connectivity index (χ1n) is 6.61. The van der Waals surface area contributed by atoms with Crippen LogP contribution in [0.2, 0.25) is 0 Å². The molecule has 1 rings (SSSR count). The van der Waals surface area contributed by atoms with Crippen LogP contribution in [0.4, 0.5) is 0 Å². The molecule has 1 aromatic rings. The van der Waals surface area contributed by atoms with Gasteiger partial charge in [-0.25, -0.2) is 0 Å². The molecule has 4 nitrogen and oxygen atoms in total. The highest BCUT2D eigenvalue weighted by Gasteiger charge is 2.23. The SMILES string of the molecule is CCCNC(c1ccc(OC)cc1C)C(OC)OC. The predicted molar refractivity (Wildman–Crippen MR) is 76.6 cm³/mol. The summed E-state index contributed by atoms with van der Waals surface area (Å²) in [5.41, 5.74) is 2.33. The number of hydrogen-bond acceptors (Lipinski definition) is 4. The van der Waals surface area contributed by atoms with Crippen molar-refractivity contribution in [1.29, 1.82) is 0 Å². The van der Waals surface area contributed by atoms with Gasteiger partial charge in [0, 0.05) is 14.2 Å². The second kappa shape index (κ2) is 8.15. The molecule has 0 spiro atoms. The number of aryl methyl sites for hydroxylation is 1. The van der Waals surface area contributed by atoms with Crippen molar-refractivity contribution in [3.05, 3.63) is 29.3 Å². The third kappa shape index (κ3) is 4.20. The van der Waals surface area contributed by atoms with Gasteiger partial charge in [-0.1, -0.05) is 13.0 Å². The van der Waals surface area contributed by atoms with Crippen LogP contribution in [0.3, 0.4) is 0 Å². The van der Waals surface area contributed by atoms with Gasteiger partial charge in [0.05, 0.1) is 13.2 Å². The Kier molecular flexibility index (Phi) is 6.84. The van der Waals surface area contributed by atoms with Gasteiger partial charge >= 0.3 is 0 Å². The molecule has 19 heavy (non-hydrogen) atoms. The zero-order valence-corrected chi connectivity index (χ0v) is 12.5. The van der Waals surface area contributed by atoms with Gasteiger partial charge in [0.2, 0.25) is 0 Å². The maximum absolute atomic E-state index is 5.41. The Morgan fingerprint density at radius 3 is 2.32 bits per heavy atom. The second-order valence-corrected chi connectivity index (χ2v) is 4.49. The van der Waals surface area contributed by atoms with Crippen molar-refractivity contribution in [3.63, 3.8) is 0 Å². The van der Waals surface area contributed by atoms with Crippen molar-refractivity contribution < 1.29 is 14.2 Å². The highest BCUT2D eigenvalue weighted by molar-refractivity contribution is 5.37. The molecule has 4 heteroatoms. The molecule has 0 saturated carbocycles. The second-order valence-electron chi connectivity index (χ2n) is 4.49. The molecular weight excluding hydrogens is 242 g/mol. The Morgan fingerprint density at radius 1 is 1.16 bits per heavy atom. The molecular formula is C15H25NO3. The zero-order chi connectivity index (χ0) is 14.3. The molecule has 0 aromatic heterocycles. The first-order chi connectivity index (χ1) is 9.17. The van der Waals surface area contributed by atoms with Gasteiger partial charge in [0.15, 0.2) is 6.29 Å². The molecule has 1 aromatic carbocycles. The largest absolute Gasteiger partial charge is 0.497 e. The molecule has 0 heterocycles. The van der Waals surface area contributed by atoms with Crippen LogP contribution >= 0.6 is 0 Å². The number of methoxy groups -OCH3 is 3. The van der Waals surface area contributed by atoms with Crippen LogP contribution in [0.25, 0.3) is 0 Å². The minimum atomic E-state index is -0.307. The molecule has 108 valence electrons. The van der Waals surface area contributed by atoms with Crippen molar-refractivity contribution in [1.82, 2.24) is 5.32 Å². The predicted octanol–water partition coefficient (Wildman–Crippen LogP) is 2.66. The molecule has 0 saturated heterocycles. The summed E-state index contributed by atoms with van der Waals surface area (Å²) in [7, 11) is 5.00. The van der Waals surface area contributed by atoms with E-state index in [1.807, 2.05) is 12.1 Å². The topological polar surface area (TPSA) is 39.7 Å². The molecule has 0 amide bonds. The van der Waals surface area contributed by atoms with E-state index >= 15 is 0 Å². The Labute approximate surface area is 116 Å². The van der Waals surface area contributed by atoms with Crippen molar-refractivity contribution in [3.8, 4) is 5.75 Å². The van der Waals surface area contributed by atoms with E-state index in [1.165, 1.54) is 5.56 Å². The number of ether oxygens (including phenoxy) is 3. The van der Waals surface area contributed by atoms with E-state index in [9.17, 15) is 0 Å². The zero-order valence-electron chi connectivity index (χ0n) is 12.5. The Morgan fingerprint density at radius 2 is 1.84 bits per heavy atom. The average Bonchev–Trinajstić information content (AvgIpc) is 2.44. The number of hydrogen-bond donors (Lipinski definition) is 1. The summed E-state index contributed by atoms with van der Waals surface area (Å²) in [4.78, 5) is 0. The summed E-state index contributed by atoms with van der Waals surface area (Å²) in [6, 6.07) is 6.07. The van der Waals surface area contributed by atoms with Gasteiger partial charge in [-0.15, -0.1) is 0 Å². The summed E-state index contributed by atoms with van der Waals surface area (Å²) in [5.74, 6) is 0.863. The minimum absolute atomic E-state index is 0.0147. The summed E-state index contributed by atoms with van der Waals surface area (Å²) < 4.78 is 16.1. The molecule has 0 radical (unpaired) electrons. The van der Waals surface area contributed by atoms with Gasteiger partial charge < -0.3 is 19.5 Å². The van der Waals surface area contributed by atoms with E-state index < -0.39 is 0 Å².